The third-order valence-electron chi connectivity index (χ3n) is 2.54. The second-order valence-corrected chi connectivity index (χ2v) is 3.54. The molecule has 0 radical (unpaired) electrons. The fraction of sp³-hybridized carbons (Fsp3) is 0.333. The summed E-state index contributed by atoms with van der Waals surface area (Å²) >= 11 is 0. The first-order valence-corrected chi connectivity index (χ1v) is 5.27. The maximum Gasteiger partial charge on any atom is 0.132 e. The molecule has 2 nitrogen and oxygen atoms in total. The van der Waals surface area contributed by atoms with Gasteiger partial charge in [0.15, 0.2) is 0 Å². The summed E-state index contributed by atoms with van der Waals surface area (Å²) in [6.45, 7) is 4.83. The van der Waals surface area contributed by atoms with Gasteiger partial charge in [0.2, 0.25) is 0 Å². The number of aromatic nitrogens is 1. The molecule has 1 aromatic carbocycles. The van der Waals surface area contributed by atoms with Crippen LogP contribution in [0.2, 0.25) is 0 Å². The van der Waals surface area contributed by atoms with Crippen LogP contribution in [0.1, 0.15) is 6.92 Å². The molecule has 15 heavy (non-hydrogen) atoms. The first-order valence-electron chi connectivity index (χ1n) is 5.27. The molecule has 0 spiro atoms. The predicted molar refractivity (Wildman–Crippen MR) is 60.4 cm³/mol. The Hall–Kier alpha value is -1.35. The van der Waals surface area contributed by atoms with Gasteiger partial charge in [-0.15, -0.1) is 0 Å². The number of nitrogens with one attached hydrogen (secondary N) is 1. The molecule has 0 aliphatic heterocycles. The number of hydrogen-bond acceptors (Lipinski definition) is 1. The quantitative estimate of drug-likeness (QED) is 0.760. The van der Waals surface area contributed by atoms with E-state index < -0.39 is 0 Å². The molecule has 1 heterocycles. The van der Waals surface area contributed by atoms with E-state index in [2.05, 4.69) is 16.8 Å². The van der Waals surface area contributed by atoms with Crippen LogP contribution in [0.15, 0.2) is 30.5 Å². The van der Waals surface area contributed by atoms with Crippen molar-refractivity contribution < 1.29 is 4.39 Å². The van der Waals surface area contributed by atoms with Crippen molar-refractivity contribution >= 4 is 10.9 Å². The number of likely N-dealkylation sites (N-methyl/N-ethyl adjacent to an activating group) is 1. The zero-order chi connectivity index (χ0) is 10.7. The van der Waals surface area contributed by atoms with Crippen molar-refractivity contribution in [2.24, 2.45) is 0 Å². The van der Waals surface area contributed by atoms with Gasteiger partial charge >= 0.3 is 0 Å². The van der Waals surface area contributed by atoms with Crippen molar-refractivity contribution in [2.45, 2.75) is 13.5 Å². The molecule has 0 saturated heterocycles. The van der Waals surface area contributed by atoms with Crippen molar-refractivity contribution in [3.63, 3.8) is 0 Å². The average molecular weight is 206 g/mol. The van der Waals surface area contributed by atoms with E-state index in [1.165, 1.54) is 6.07 Å². The molecule has 0 bridgehead atoms. The van der Waals surface area contributed by atoms with Crippen LogP contribution in [-0.4, -0.2) is 17.7 Å². The lowest BCUT2D eigenvalue weighted by molar-refractivity contribution is 0.624. The zero-order valence-corrected chi connectivity index (χ0v) is 8.83. The van der Waals surface area contributed by atoms with E-state index in [9.17, 15) is 4.39 Å². The van der Waals surface area contributed by atoms with Crippen LogP contribution in [0.3, 0.4) is 0 Å². The van der Waals surface area contributed by atoms with Crippen molar-refractivity contribution in [2.75, 3.05) is 13.1 Å². The van der Waals surface area contributed by atoms with Gasteiger partial charge in [-0.25, -0.2) is 4.39 Å². The molecule has 2 rings (SSSR count). The highest BCUT2D eigenvalue weighted by molar-refractivity contribution is 5.80. The number of nitrogens with zero attached hydrogens (tertiary/aromatic N) is 1. The van der Waals surface area contributed by atoms with E-state index in [4.69, 9.17) is 0 Å². The molecule has 0 unspecified atom stereocenters. The highest BCUT2D eigenvalue weighted by Crippen LogP contribution is 2.18. The third-order valence-corrected chi connectivity index (χ3v) is 2.54. The van der Waals surface area contributed by atoms with Crippen molar-refractivity contribution in [1.82, 2.24) is 9.88 Å². The molecule has 0 fully saturated rings. The summed E-state index contributed by atoms with van der Waals surface area (Å²) in [5.74, 6) is -0.144. The average Bonchev–Trinajstić information content (AvgIpc) is 2.64. The normalized spacial score (nSPS) is 11.1. The smallest absolute Gasteiger partial charge is 0.132 e. The summed E-state index contributed by atoms with van der Waals surface area (Å²) in [6.07, 6.45) is 1.94. The number of benzene rings is 1. The topological polar surface area (TPSA) is 17.0 Å². The molecular formula is C12H15FN2. The van der Waals surface area contributed by atoms with E-state index in [1.54, 1.807) is 6.07 Å². The molecule has 80 valence electrons. The Bertz CT molecular complexity index is 448. The largest absolute Gasteiger partial charge is 0.346 e. The SMILES string of the molecule is CCNCCn1ccc2c(F)cccc21. The van der Waals surface area contributed by atoms with Crippen molar-refractivity contribution in [3.05, 3.63) is 36.3 Å². The van der Waals surface area contributed by atoms with Crippen LogP contribution in [-0.2, 0) is 6.54 Å². The fourth-order valence-corrected chi connectivity index (χ4v) is 1.76. The van der Waals surface area contributed by atoms with Gasteiger partial charge in [-0.3, -0.25) is 0 Å². The third kappa shape index (κ3) is 2.02. The van der Waals surface area contributed by atoms with Gasteiger partial charge in [-0.05, 0) is 24.7 Å². The Balaban J connectivity index is 2.25. The van der Waals surface area contributed by atoms with Crippen LogP contribution in [0.4, 0.5) is 4.39 Å². The van der Waals surface area contributed by atoms with Crippen LogP contribution >= 0.6 is 0 Å². The van der Waals surface area contributed by atoms with Gasteiger partial charge in [0, 0.05) is 24.7 Å². The van der Waals surface area contributed by atoms with Gasteiger partial charge in [0.25, 0.3) is 0 Å². The van der Waals surface area contributed by atoms with Gasteiger partial charge in [0.05, 0.1) is 5.52 Å². The van der Waals surface area contributed by atoms with E-state index in [0.29, 0.717) is 5.39 Å². The first-order chi connectivity index (χ1) is 7.33. The monoisotopic (exact) mass is 206 g/mol. The standard InChI is InChI=1S/C12H15FN2/c1-2-14-7-9-15-8-6-10-11(13)4-3-5-12(10)15/h3-6,8,14H,2,7,9H2,1H3. The van der Waals surface area contributed by atoms with Gasteiger partial charge < -0.3 is 9.88 Å². The van der Waals surface area contributed by atoms with E-state index >= 15 is 0 Å². The summed E-state index contributed by atoms with van der Waals surface area (Å²) in [5.41, 5.74) is 0.966. The Kier molecular flexibility index (Phi) is 3.02. The van der Waals surface area contributed by atoms with Gasteiger partial charge in [0.1, 0.15) is 5.82 Å². The molecule has 0 amide bonds. The Morgan fingerprint density at radius 3 is 3.00 bits per heavy atom. The molecule has 1 N–H and O–H groups in total. The highest BCUT2D eigenvalue weighted by Gasteiger charge is 2.03. The maximum atomic E-state index is 13.4. The molecule has 0 saturated carbocycles. The van der Waals surface area contributed by atoms with Gasteiger partial charge in [-0.2, -0.15) is 0 Å². The molecule has 0 aliphatic carbocycles. The molecule has 0 atom stereocenters. The highest BCUT2D eigenvalue weighted by atomic mass is 19.1. The van der Waals surface area contributed by atoms with E-state index in [0.717, 1.165) is 25.2 Å². The fourth-order valence-electron chi connectivity index (χ4n) is 1.76. The van der Waals surface area contributed by atoms with Crippen LogP contribution in [0.25, 0.3) is 10.9 Å². The number of halogens is 1. The first kappa shape index (κ1) is 10.2. The summed E-state index contributed by atoms with van der Waals surface area (Å²) < 4.78 is 15.4. The van der Waals surface area contributed by atoms with Crippen LogP contribution in [0.5, 0.6) is 0 Å². The lowest BCUT2D eigenvalue weighted by Crippen LogP contribution is -2.18. The van der Waals surface area contributed by atoms with Crippen LogP contribution in [0, 0.1) is 5.82 Å². The lowest BCUT2D eigenvalue weighted by Gasteiger charge is -2.05. The lowest BCUT2D eigenvalue weighted by atomic mass is 10.2. The molecule has 3 heteroatoms. The Morgan fingerprint density at radius 1 is 1.33 bits per heavy atom. The number of rotatable bonds is 4. The minimum atomic E-state index is -0.144. The molecule has 1 aromatic heterocycles. The summed E-state index contributed by atoms with van der Waals surface area (Å²) in [6, 6.07) is 7.03. The van der Waals surface area contributed by atoms with Gasteiger partial charge in [-0.1, -0.05) is 13.0 Å². The number of hydrogen-bond donors (Lipinski definition) is 1. The second-order valence-electron chi connectivity index (χ2n) is 3.54. The van der Waals surface area contributed by atoms with Crippen molar-refractivity contribution in [1.29, 1.82) is 0 Å². The molecular weight excluding hydrogens is 191 g/mol. The predicted octanol–water partition coefficient (Wildman–Crippen LogP) is 2.39. The van der Waals surface area contributed by atoms with Crippen LogP contribution < -0.4 is 5.32 Å². The molecule has 2 aromatic rings. The summed E-state index contributed by atoms with van der Waals surface area (Å²) in [5, 5.41) is 3.95. The summed E-state index contributed by atoms with van der Waals surface area (Å²) in [7, 11) is 0. The minimum absolute atomic E-state index is 0.144. The summed E-state index contributed by atoms with van der Waals surface area (Å²) in [4.78, 5) is 0. The Labute approximate surface area is 88.7 Å². The second kappa shape index (κ2) is 4.45. The molecule has 0 aliphatic rings. The van der Waals surface area contributed by atoms with E-state index in [1.807, 2.05) is 18.3 Å². The number of fused-ring (bicyclic) bond motifs is 1. The van der Waals surface area contributed by atoms with Crippen molar-refractivity contribution in [3.8, 4) is 0 Å². The Morgan fingerprint density at radius 2 is 2.20 bits per heavy atom. The maximum absolute atomic E-state index is 13.4. The minimum Gasteiger partial charge on any atom is -0.346 e. The van der Waals surface area contributed by atoms with E-state index in [-0.39, 0.29) is 5.82 Å². The zero-order valence-electron chi connectivity index (χ0n) is 8.83.